The van der Waals surface area contributed by atoms with E-state index < -0.39 is 32.9 Å². The summed E-state index contributed by atoms with van der Waals surface area (Å²) < 4.78 is 37.9. The molecule has 0 spiro atoms. The number of nitro benzene ring substituents is 1. The van der Waals surface area contributed by atoms with Crippen molar-refractivity contribution in [3.8, 4) is 10.6 Å². The van der Waals surface area contributed by atoms with Gasteiger partial charge in [0.25, 0.3) is 5.69 Å². The number of aliphatic imine (C=N–C) groups is 1. The molecule has 0 aliphatic carbocycles. The zero-order valence-corrected chi connectivity index (χ0v) is 29.0. The molecule has 3 N–H and O–H groups in total. The zero-order valence-electron chi connectivity index (χ0n) is 25.8. The van der Waals surface area contributed by atoms with E-state index in [0.717, 1.165) is 26.2 Å². The van der Waals surface area contributed by atoms with E-state index in [4.69, 9.17) is 9.98 Å². The third-order valence-corrected chi connectivity index (χ3v) is 11.6. The Morgan fingerprint density at radius 2 is 1.67 bits per heavy atom. The number of aromatic nitrogens is 3. The van der Waals surface area contributed by atoms with Crippen molar-refractivity contribution in [2.45, 2.75) is 49.6 Å². The van der Waals surface area contributed by atoms with Crippen LogP contribution in [0.15, 0.2) is 95.3 Å². The lowest BCUT2D eigenvalue weighted by atomic mass is 9.78. The minimum absolute atomic E-state index is 0.0868. The van der Waals surface area contributed by atoms with Gasteiger partial charge in [0.15, 0.2) is 0 Å². The number of rotatable bonds is 13. The van der Waals surface area contributed by atoms with E-state index in [0.29, 0.717) is 16.4 Å². The molecule has 0 saturated carbocycles. The first kappa shape index (κ1) is 33.8. The van der Waals surface area contributed by atoms with Gasteiger partial charge in [-0.1, -0.05) is 91.1 Å². The van der Waals surface area contributed by atoms with Crippen molar-refractivity contribution in [3.05, 3.63) is 122 Å². The summed E-state index contributed by atoms with van der Waals surface area (Å²) >= 11 is 4.40. The maximum Gasteiger partial charge on any atom is 0.333 e. The van der Waals surface area contributed by atoms with Gasteiger partial charge in [-0.25, -0.2) is 4.98 Å². The van der Waals surface area contributed by atoms with Crippen LogP contribution in [0.2, 0.25) is 0 Å². The number of aryl methyl sites for hydroxylation is 1. The smallest absolute Gasteiger partial charge is 0.333 e. The molecule has 3 unspecified atom stereocenters. The van der Waals surface area contributed by atoms with Gasteiger partial charge in [-0.3, -0.25) is 19.7 Å². The molecule has 2 aromatic heterocycles. The Kier molecular flexibility index (Phi) is 10.0. The molecule has 5 aromatic rings. The topological polar surface area (TPSA) is 173 Å². The van der Waals surface area contributed by atoms with Crippen molar-refractivity contribution in [2.24, 2.45) is 4.99 Å². The maximum atomic E-state index is 12.6. The number of anilines is 1. The Balaban J connectivity index is 1.48. The Bertz CT molecular complexity index is 2020. The van der Waals surface area contributed by atoms with Crippen molar-refractivity contribution in [1.82, 2.24) is 19.9 Å². The van der Waals surface area contributed by atoms with E-state index in [1.165, 1.54) is 46.6 Å². The van der Waals surface area contributed by atoms with Crippen LogP contribution in [-0.2, 0) is 16.7 Å². The molecule has 3 aromatic carbocycles. The lowest BCUT2D eigenvalue weighted by Gasteiger charge is -2.40. The first-order valence-corrected chi connectivity index (χ1v) is 18.9. The van der Waals surface area contributed by atoms with Gasteiger partial charge in [0.05, 0.1) is 33.3 Å². The molecular formula is C32H31N7O5S4. The summed E-state index contributed by atoms with van der Waals surface area (Å²) in [4.78, 5) is 21.2. The van der Waals surface area contributed by atoms with Gasteiger partial charge in [0.1, 0.15) is 10.0 Å². The van der Waals surface area contributed by atoms with Crippen LogP contribution in [0, 0.1) is 17.0 Å². The Morgan fingerprint density at radius 3 is 2.27 bits per heavy atom. The normalized spacial score (nSPS) is 19.1. The number of nitrogens with one attached hydrogen (secondary N) is 2. The van der Waals surface area contributed by atoms with Crippen molar-refractivity contribution in [3.63, 3.8) is 0 Å². The van der Waals surface area contributed by atoms with Gasteiger partial charge in [-0.2, -0.15) is 13.1 Å². The summed E-state index contributed by atoms with van der Waals surface area (Å²) in [6, 6.07) is 23.9. The van der Waals surface area contributed by atoms with E-state index in [-0.39, 0.29) is 23.8 Å². The lowest BCUT2D eigenvalue weighted by molar-refractivity contribution is -0.384. The fourth-order valence-electron chi connectivity index (χ4n) is 5.71. The van der Waals surface area contributed by atoms with Gasteiger partial charge in [-0.05, 0) is 18.9 Å². The molecule has 12 nitrogen and oxygen atoms in total. The lowest BCUT2D eigenvalue weighted by Crippen LogP contribution is -2.57. The monoisotopic (exact) mass is 721 g/mol. The van der Waals surface area contributed by atoms with Gasteiger partial charge in [0, 0.05) is 40.3 Å². The molecule has 16 heteroatoms. The molecule has 1 aliphatic rings. The average Bonchev–Trinajstić information content (AvgIpc) is 3.80. The number of nitrogens with zero attached hydrogens (tertiary/aromatic N) is 5. The van der Waals surface area contributed by atoms with E-state index in [9.17, 15) is 23.1 Å². The zero-order chi connectivity index (χ0) is 33.9. The third kappa shape index (κ3) is 7.80. The second-order valence-corrected chi connectivity index (χ2v) is 15.8. The minimum Gasteiger partial charge on any atom is -0.352 e. The molecule has 0 radical (unpaired) electrons. The molecule has 0 bridgehead atoms. The first-order valence-electron chi connectivity index (χ1n) is 14.9. The van der Waals surface area contributed by atoms with Crippen molar-refractivity contribution < 1.29 is 17.9 Å². The highest BCUT2D eigenvalue weighted by Crippen LogP contribution is 2.47. The van der Waals surface area contributed by atoms with Crippen LogP contribution >= 0.6 is 34.4 Å². The van der Waals surface area contributed by atoms with Crippen LogP contribution in [0.5, 0.6) is 0 Å². The minimum atomic E-state index is -4.73. The highest BCUT2D eigenvalue weighted by atomic mass is 32.2. The van der Waals surface area contributed by atoms with Crippen LogP contribution in [0.25, 0.3) is 10.6 Å². The average molecular weight is 722 g/mol. The van der Waals surface area contributed by atoms with Crippen LogP contribution in [0.3, 0.4) is 0 Å². The largest absolute Gasteiger partial charge is 0.352 e. The van der Waals surface area contributed by atoms with Crippen LogP contribution in [-0.4, -0.2) is 54.9 Å². The van der Waals surface area contributed by atoms with E-state index in [1.54, 1.807) is 12.1 Å². The number of nitro groups is 1. The first-order chi connectivity index (χ1) is 23.0. The van der Waals surface area contributed by atoms with E-state index >= 15 is 0 Å². The Hall–Kier alpha value is -4.06. The molecule has 248 valence electrons. The van der Waals surface area contributed by atoms with Crippen LogP contribution in [0.4, 0.5) is 10.8 Å². The van der Waals surface area contributed by atoms with Crippen LogP contribution < -0.4 is 10.0 Å². The number of non-ortho nitro benzene ring substituents is 1. The standard InChI is InChI=1S/C32H31N7O5S4/c1-20-32(35-30(46-20)24-11-7-4-8-12-24,28(38-48(42,43)44)17-22-13-15-25(16-14-22)39(40)41)18-26(34-31-37-36-21(2)47-31)27-19-45-29(33-27)23-9-5-3-6-10-23/h3-16,19-20,26,28,38H,17-18H2,1-2H3,(H,34,37)(H,42,43,44)/t20?,26?,28?,32-/m1/s1. The summed E-state index contributed by atoms with van der Waals surface area (Å²) in [6.45, 7) is 3.85. The number of hydrogen-bond acceptors (Lipinski definition) is 12. The van der Waals surface area contributed by atoms with Gasteiger partial charge >= 0.3 is 10.3 Å². The quantitative estimate of drug-likeness (QED) is 0.0671. The summed E-state index contributed by atoms with van der Waals surface area (Å²) in [7, 11) is -4.73. The fourth-order valence-corrected chi connectivity index (χ4v) is 9.23. The predicted molar refractivity (Wildman–Crippen MR) is 191 cm³/mol. The van der Waals surface area contributed by atoms with Crippen molar-refractivity contribution in [2.75, 3.05) is 5.32 Å². The molecule has 3 heterocycles. The summed E-state index contributed by atoms with van der Waals surface area (Å²) in [6.07, 6.45) is 0.333. The van der Waals surface area contributed by atoms with Crippen molar-refractivity contribution in [1.29, 1.82) is 0 Å². The highest BCUT2D eigenvalue weighted by Gasteiger charge is 2.51. The molecule has 1 aliphatic heterocycles. The molecule has 4 atom stereocenters. The number of thioether (sulfide) groups is 1. The van der Waals surface area contributed by atoms with Gasteiger partial charge < -0.3 is 5.32 Å². The maximum absolute atomic E-state index is 12.6. The van der Waals surface area contributed by atoms with Crippen LogP contribution in [0.1, 0.15) is 41.2 Å². The third-order valence-electron chi connectivity index (χ3n) is 8.06. The molecule has 0 amide bonds. The molecule has 0 saturated heterocycles. The van der Waals surface area contributed by atoms with Gasteiger partial charge in [-0.15, -0.1) is 33.3 Å². The van der Waals surface area contributed by atoms with Gasteiger partial charge in [0.2, 0.25) is 5.13 Å². The molecule has 0 fully saturated rings. The van der Waals surface area contributed by atoms with E-state index in [1.807, 2.05) is 79.9 Å². The highest BCUT2D eigenvalue weighted by molar-refractivity contribution is 8.15. The number of benzene rings is 3. The summed E-state index contributed by atoms with van der Waals surface area (Å²) in [5.74, 6) is 0. The molecule has 48 heavy (non-hydrogen) atoms. The molecular weight excluding hydrogens is 691 g/mol. The summed E-state index contributed by atoms with van der Waals surface area (Å²) in [5.41, 5.74) is 1.95. The summed E-state index contributed by atoms with van der Waals surface area (Å²) in [5, 5.41) is 27.9. The Morgan fingerprint density at radius 1 is 1.00 bits per heavy atom. The number of hydrogen-bond donors (Lipinski definition) is 3. The van der Waals surface area contributed by atoms with E-state index in [2.05, 4.69) is 20.2 Å². The molecule has 6 rings (SSSR count). The second kappa shape index (κ2) is 14.2. The Labute approximate surface area is 289 Å². The fraction of sp³-hybridized carbons (Fsp3) is 0.250. The second-order valence-electron chi connectivity index (χ2n) is 11.3. The number of thiazole rings is 1. The van der Waals surface area contributed by atoms with Crippen molar-refractivity contribution >= 4 is 60.6 Å². The predicted octanol–water partition coefficient (Wildman–Crippen LogP) is 6.75. The SMILES string of the molecule is Cc1nnc(NC(C[C@@]2(C(Cc3ccc([N+](=O)[O-])cc3)NS(=O)(=O)O)N=C(c3ccccc3)SC2C)c2csc(-c3ccccc3)n2)s1.